The number of imidazole rings is 1. The van der Waals surface area contributed by atoms with Gasteiger partial charge in [-0.15, -0.1) is 0 Å². The molecule has 0 saturated heterocycles. The number of hydrogen-bond donors (Lipinski definition) is 2. The van der Waals surface area contributed by atoms with Crippen molar-refractivity contribution >= 4 is 11.2 Å². The van der Waals surface area contributed by atoms with E-state index in [0.717, 1.165) is 35.5 Å². The second kappa shape index (κ2) is 3.87. The number of pyridine rings is 1. The Labute approximate surface area is 95.3 Å². The molecular formula is C12H18N4. The highest BCUT2D eigenvalue weighted by atomic mass is 15.0. The summed E-state index contributed by atoms with van der Waals surface area (Å²) in [6, 6.07) is 3.97. The van der Waals surface area contributed by atoms with Gasteiger partial charge in [-0.3, -0.25) is 0 Å². The first kappa shape index (κ1) is 11.1. The van der Waals surface area contributed by atoms with Crippen molar-refractivity contribution in [1.82, 2.24) is 15.0 Å². The first-order chi connectivity index (χ1) is 7.53. The van der Waals surface area contributed by atoms with Crippen molar-refractivity contribution in [1.29, 1.82) is 0 Å². The van der Waals surface area contributed by atoms with Gasteiger partial charge in [0.05, 0.1) is 11.1 Å². The minimum atomic E-state index is -0.399. The van der Waals surface area contributed by atoms with Crippen LogP contribution in [0.5, 0.6) is 0 Å². The van der Waals surface area contributed by atoms with E-state index in [9.17, 15) is 0 Å². The highest BCUT2D eigenvalue weighted by molar-refractivity contribution is 5.70. The summed E-state index contributed by atoms with van der Waals surface area (Å²) in [6.07, 6.45) is 1.95. The van der Waals surface area contributed by atoms with Crippen molar-refractivity contribution in [3.63, 3.8) is 0 Å². The van der Waals surface area contributed by atoms with E-state index in [1.165, 1.54) is 0 Å². The number of aromatic amines is 1. The van der Waals surface area contributed by atoms with Crippen LogP contribution < -0.4 is 5.73 Å². The molecule has 0 aliphatic carbocycles. The molecule has 0 bridgehead atoms. The number of nitrogens with zero attached hydrogens (tertiary/aromatic N) is 2. The topological polar surface area (TPSA) is 67.6 Å². The lowest BCUT2D eigenvalue weighted by atomic mass is 9.97. The molecule has 2 heterocycles. The molecule has 0 aromatic carbocycles. The van der Waals surface area contributed by atoms with Crippen LogP contribution in [0.2, 0.25) is 0 Å². The summed E-state index contributed by atoms with van der Waals surface area (Å²) in [6.45, 7) is 6.08. The van der Waals surface area contributed by atoms with Crippen molar-refractivity contribution in [2.75, 3.05) is 0 Å². The molecular weight excluding hydrogens is 200 g/mol. The van der Waals surface area contributed by atoms with Crippen molar-refractivity contribution in [3.8, 4) is 0 Å². The Morgan fingerprint density at radius 3 is 2.81 bits per heavy atom. The number of hydrogen-bond acceptors (Lipinski definition) is 3. The second-order valence-electron chi connectivity index (χ2n) is 4.58. The van der Waals surface area contributed by atoms with Gasteiger partial charge in [-0.25, -0.2) is 9.97 Å². The van der Waals surface area contributed by atoms with Crippen LogP contribution >= 0.6 is 0 Å². The van der Waals surface area contributed by atoms with E-state index < -0.39 is 5.54 Å². The maximum atomic E-state index is 6.23. The molecule has 1 unspecified atom stereocenters. The van der Waals surface area contributed by atoms with Gasteiger partial charge < -0.3 is 10.7 Å². The van der Waals surface area contributed by atoms with Crippen molar-refractivity contribution in [3.05, 3.63) is 23.7 Å². The van der Waals surface area contributed by atoms with E-state index in [1.807, 2.05) is 26.0 Å². The third-order valence-electron chi connectivity index (χ3n) is 2.80. The molecule has 0 spiro atoms. The van der Waals surface area contributed by atoms with Crippen LogP contribution in [0, 0.1) is 6.92 Å². The first-order valence-corrected chi connectivity index (χ1v) is 5.65. The zero-order valence-corrected chi connectivity index (χ0v) is 10.0. The number of nitrogens with one attached hydrogen (secondary N) is 1. The van der Waals surface area contributed by atoms with Crippen molar-refractivity contribution in [2.45, 2.75) is 39.2 Å². The van der Waals surface area contributed by atoms with Gasteiger partial charge in [-0.1, -0.05) is 13.3 Å². The van der Waals surface area contributed by atoms with Gasteiger partial charge >= 0.3 is 0 Å². The molecule has 4 nitrogen and oxygen atoms in total. The summed E-state index contributed by atoms with van der Waals surface area (Å²) < 4.78 is 0. The van der Waals surface area contributed by atoms with Gasteiger partial charge in [0.25, 0.3) is 0 Å². The number of aromatic nitrogens is 3. The van der Waals surface area contributed by atoms with Crippen molar-refractivity contribution < 1.29 is 0 Å². The van der Waals surface area contributed by atoms with Crippen LogP contribution in [0.25, 0.3) is 11.2 Å². The number of nitrogens with two attached hydrogens (primary N) is 1. The van der Waals surface area contributed by atoms with Gasteiger partial charge in [0.1, 0.15) is 5.82 Å². The number of fused-ring (bicyclic) bond motifs is 1. The maximum Gasteiger partial charge on any atom is 0.178 e. The molecule has 4 heteroatoms. The fraction of sp³-hybridized carbons (Fsp3) is 0.500. The Bertz CT molecular complexity index is 499. The fourth-order valence-electron chi connectivity index (χ4n) is 1.90. The van der Waals surface area contributed by atoms with E-state index in [0.29, 0.717) is 0 Å². The summed E-state index contributed by atoms with van der Waals surface area (Å²) >= 11 is 0. The predicted molar refractivity (Wildman–Crippen MR) is 65.1 cm³/mol. The van der Waals surface area contributed by atoms with Gasteiger partial charge in [0.15, 0.2) is 5.65 Å². The smallest absolute Gasteiger partial charge is 0.178 e. The molecule has 16 heavy (non-hydrogen) atoms. The van der Waals surface area contributed by atoms with Crippen molar-refractivity contribution in [2.24, 2.45) is 5.73 Å². The molecule has 0 saturated carbocycles. The predicted octanol–water partition coefficient (Wildman–Crippen LogP) is 2.24. The standard InChI is InChI=1S/C12H18N4/c1-4-7-12(3,13)11-15-9-6-5-8(2)14-10(9)16-11/h5-6H,4,7,13H2,1-3H3,(H,14,15,16). The molecule has 2 rings (SSSR count). The molecule has 0 aliphatic heterocycles. The van der Waals surface area contributed by atoms with Gasteiger partial charge in [-0.05, 0) is 32.4 Å². The lowest BCUT2D eigenvalue weighted by molar-refractivity contribution is 0.424. The Morgan fingerprint density at radius 1 is 1.38 bits per heavy atom. The molecule has 0 radical (unpaired) electrons. The minimum Gasteiger partial charge on any atom is -0.339 e. The summed E-state index contributed by atoms with van der Waals surface area (Å²) in [5.41, 5.74) is 8.51. The monoisotopic (exact) mass is 218 g/mol. The third kappa shape index (κ3) is 1.93. The normalized spacial score (nSPS) is 15.2. The molecule has 86 valence electrons. The molecule has 2 aromatic rings. The van der Waals surface area contributed by atoms with E-state index in [4.69, 9.17) is 5.73 Å². The van der Waals surface area contributed by atoms with E-state index in [2.05, 4.69) is 21.9 Å². The molecule has 2 aromatic heterocycles. The summed E-state index contributed by atoms with van der Waals surface area (Å²) in [7, 11) is 0. The number of H-pyrrole nitrogens is 1. The number of rotatable bonds is 3. The minimum absolute atomic E-state index is 0.399. The first-order valence-electron chi connectivity index (χ1n) is 5.65. The molecule has 0 fully saturated rings. The van der Waals surface area contributed by atoms with Crippen LogP contribution in [0.4, 0.5) is 0 Å². The molecule has 0 aliphatic rings. The van der Waals surface area contributed by atoms with Crippen LogP contribution in [-0.2, 0) is 5.54 Å². The van der Waals surface area contributed by atoms with Crippen LogP contribution in [-0.4, -0.2) is 15.0 Å². The Morgan fingerprint density at radius 2 is 2.12 bits per heavy atom. The van der Waals surface area contributed by atoms with Gasteiger partial charge in [-0.2, -0.15) is 0 Å². The van der Waals surface area contributed by atoms with E-state index in [1.54, 1.807) is 0 Å². The van der Waals surface area contributed by atoms with Crippen LogP contribution in [0.3, 0.4) is 0 Å². The zero-order valence-electron chi connectivity index (χ0n) is 10.0. The SMILES string of the molecule is CCCC(C)(N)c1nc2nc(C)ccc2[nH]1. The van der Waals surface area contributed by atoms with E-state index in [-0.39, 0.29) is 0 Å². The quantitative estimate of drug-likeness (QED) is 0.830. The summed E-state index contributed by atoms with van der Waals surface area (Å²) in [5, 5.41) is 0. The molecule has 0 amide bonds. The number of aryl methyl sites for hydroxylation is 1. The molecule has 3 N–H and O–H groups in total. The lowest BCUT2D eigenvalue weighted by Gasteiger charge is -2.20. The Kier molecular flexibility index (Phi) is 2.68. The zero-order chi connectivity index (χ0) is 11.8. The molecule has 1 atom stereocenters. The van der Waals surface area contributed by atoms with Gasteiger partial charge in [0, 0.05) is 5.69 Å². The van der Waals surface area contributed by atoms with Gasteiger partial charge in [0.2, 0.25) is 0 Å². The summed E-state index contributed by atoms with van der Waals surface area (Å²) in [4.78, 5) is 12.1. The summed E-state index contributed by atoms with van der Waals surface area (Å²) in [5.74, 6) is 0.822. The average Bonchev–Trinajstić information content (AvgIpc) is 2.61. The second-order valence-corrected chi connectivity index (χ2v) is 4.58. The highest BCUT2D eigenvalue weighted by Crippen LogP contribution is 2.22. The lowest BCUT2D eigenvalue weighted by Crippen LogP contribution is -2.34. The van der Waals surface area contributed by atoms with Crippen LogP contribution in [0.15, 0.2) is 12.1 Å². The highest BCUT2D eigenvalue weighted by Gasteiger charge is 2.24. The Balaban J connectivity index is 2.46. The maximum absolute atomic E-state index is 6.23. The Hall–Kier alpha value is -1.42. The third-order valence-corrected chi connectivity index (χ3v) is 2.80. The largest absolute Gasteiger partial charge is 0.339 e. The fourth-order valence-corrected chi connectivity index (χ4v) is 1.90. The van der Waals surface area contributed by atoms with E-state index >= 15 is 0 Å². The average molecular weight is 218 g/mol. The van der Waals surface area contributed by atoms with Crippen LogP contribution in [0.1, 0.15) is 38.2 Å².